The number of carbonyl (C=O) groups is 1. The van der Waals surface area contributed by atoms with E-state index in [2.05, 4.69) is 31.7 Å². The van der Waals surface area contributed by atoms with Gasteiger partial charge < -0.3 is 15.2 Å². The summed E-state index contributed by atoms with van der Waals surface area (Å²) in [6.45, 7) is 4.80. The van der Waals surface area contributed by atoms with E-state index in [0.29, 0.717) is 23.3 Å². The quantitative estimate of drug-likeness (QED) is 0.571. The van der Waals surface area contributed by atoms with Gasteiger partial charge in [0.15, 0.2) is 5.78 Å². The highest BCUT2D eigenvalue weighted by molar-refractivity contribution is 7.99. The second-order valence-electron chi connectivity index (χ2n) is 7.08. The molecule has 7 nitrogen and oxygen atoms in total. The van der Waals surface area contributed by atoms with Crippen molar-refractivity contribution in [2.45, 2.75) is 26.1 Å². The zero-order valence-electron chi connectivity index (χ0n) is 17.2. The van der Waals surface area contributed by atoms with Gasteiger partial charge in [0.05, 0.1) is 11.5 Å². The fraction of sp³-hybridized carbons (Fsp3) is 0.333. The average Bonchev–Trinajstić information content (AvgIpc) is 2.96. The molecule has 0 fully saturated rings. The lowest BCUT2D eigenvalue weighted by molar-refractivity contribution is 0.102. The Hall–Kier alpha value is -2.87. The van der Waals surface area contributed by atoms with Gasteiger partial charge in [-0.15, -0.1) is 11.8 Å². The third-order valence-corrected chi connectivity index (χ3v) is 5.54. The zero-order chi connectivity index (χ0) is 21.0. The summed E-state index contributed by atoms with van der Waals surface area (Å²) in [7, 11) is 3.70. The van der Waals surface area contributed by atoms with E-state index >= 15 is 0 Å². The summed E-state index contributed by atoms with van der Waals surface area (Å²) in [5, 5.41) is 0. The number of benzene rings is 1. The number of ketones is 1. The second-order valence-corrected chi connectivity index (χ2v) is 8.06. The van der Waals surface area contributed by atoms with E-state index in [-0.39, 0.29) is 11.7 Å². The maximum Gasteiger partial charge on any atom is 0.229 e. The number of carbonyl (C=O) groups excluding carboxylic acids is 1. The Kier molecular flexibility index (Phi) is 6.53. The average molecular weight is 411 g/mol. The van der Waals surface area contributed by atoms with Crippen LogP contribution in [0.5, 0.6) is 0 Å². The molecule has 8 heteroatoms. The van der Waals surface area contributed by atoms with Gasteiger partial charge in [-0.05, 0) is 25.5 Å². The van der Waals surface area contributed by atoms with Gasteiger partial charge in [-0.3, -0.25) is 4.79 Å². The number of nitrogens with two attached hydrogens (primary N) is 1. The first-order valence-electron chi connectivity index (χ1n) is 9.34. The third kappa shape index (κ3) is 5.14. The molecule has 152 valence electrons. The molecule has 2 aromatic heterocycles. The molecule has 2 heterocycles. The van der Waals surface area contributed by atoms with E-state index in [1.165, 1.54) is 17.3 Å². The zero-order valence-corrected chi connectivity index (χ0v) is 18.0. The molecule has 2 N–H and O–H groups in total. The Bertz CT molecular complexity index is 1000. The number of aryl methyl sites for hydroxylation is 1. The van der Waals surface area contributed by atoms with Gasteiger partial charge in [-0.2, -0.15) is 15.0 Å². The standard InChI is InChI=1S/C21H26N6OS/c1-14-10-17(15(2)27(14)11-16-8-6-5-7-9-16)18(28)12-29-13-19-23-20(22)25-21(24-19)26(3)4/h5-10H,11-13H2,1-4H3,(H2,22,23,24,25). The van der Waals surface area contributed by atoms with Gasteiger partial charge in [0.2, 0.25) is 11.9 Å². The number of nitrogen functional groups attached to an aromatic ring is 1. The Morgan fingerprint density at radius 2 is 1.86 bits per heavy atom. The predicted molar refractivity (Wildman–Crippen MR) is 119 cm³/mol. The fourth-order valence-electron chi connectivity index (χ4n) is 3.10. The summed E-state index contributed by atoms with van der Waals surface area (Å²) in [6.07, 6.45) is 0. The van der Waals surface area contributed by atoms with Crippen LogP contribution in [-0.4, -0.2) is 45.2 Å². The molecule has 0 saturated heterocycles. The predicted octanol–water partition coefficient (Wildman–Crippen LogP) is 3.10. The van der Waals surface area contributed by atoms with Gasteiger partial charge in [-0.1, -0.05) is 30.3 Å². The van der Waals surface area contributed by atoms with Crippen LogP contribution in [0.2, 0.25) is 0 Å². The van der Waals surface area contributed by atoms with Crippen molar-refractivity contribution < 1.29 is 4.79 Å². The van der Waals surface area contributed by atoms with Crippen LogP contribution in [0.15, 0.2) is 36.4 Å². The number of thioether (sulfide) groups is 1. The molecule has 0 amide bonds. The molecule has 0 spiro atoms. The van der Waals surface area contributed by atoms with E-state index in [9.17, 15) is 4.79 Å². The second kappa shape index (κ2) is 9.09. The lowest BCUT2D eigenvalue weighted by atomic mass is 10.2. The summed E-state index contributed by atoms with van der Waals surface area (Å²) >= 11 is 1.48. The van der Waals surface area contributed by atoms with Crippen molar-refractivity contribution in [2.75, 3.05) is 30.5 Å². The maximum atomic E-state index is 12.8. The first-order valence-corrected chi connectivity index (χ1v) is 10.5. The number of hydrogen-bond acceptors (Lipinski definition) is 7. The largest absolute Gasteiger partial charge is 0.368 e. The van der Waals surface area contributed by atoms with Crippen molar-refractivity contribution in [2.24, 2.45) is 0 Å². The van der Waals surface area contributed by atoms with E-state index in [0.717, 1.165) is 23.5 Å². The Balaban J connectivity index is 1.65. The maximum absolute atomic E-state index is 12.8. The summed E-state index contributed by atoms with van der Waals surface area (Å²) in [6, 6.07) is 12.2. The van der Waals surface area contributed by atoms with Crippen molar-refractivity contribution in [1.82, 2.24) is 19.5 Å². The Morgan fingerprint density at radius 3 is 2.55 bits per heavy atom. The van der Waals surface area contributed by atoms with Gasteiger partial charge in [0, 0.05) is 37.6 Å². The Labute approximate surface area is 175 Å². The molecule has 0 aliphatic rings. The minimum absolute atomic E-state index is 0.109. The van der Waals surface area contributed by atoms with Crippen molar-refractivity contribution in [3.05, 3.63) is 64.7 Å². The number of anilines is 2. The monoisotopic (exact) mass is 410 g/mol. The van der Waals surface area contributed by atoms with Crippen molar-refractivity contribution in [1.29, 1.82) is 0 Å². The molecule has 0 aliphatic carbocycles. The smallest absolute Gasteiger partial charge is 0.229 e. The lowest BCUT2D eigenvalue weighted by Crippen LogP contribution is -2.16. The lowest BCUT2D eigenvalue weighted by Gasteiger charge is -2.11. The Morgan fingerprint density at radius 1 is 1.14 bits per heavy atom. The minimum Gasteiger partial charge on any atom is -0.368 e. The fourth-order valence-corrected chi connectivity index (χ4v) is 3.85. The van der Waals surface area contributed by atoms with Crippen LogP contribution in [0.4, 0.5) is 11.9 Å². The van der Waals surface area contributed by atoms with Crippen LogP contribution >= 0.6 is 11.8 Å². The number of Topliss-reactive ketones (excluding diaryl/α,β-unsaturated/α-hetero) is 1. The first kappa shape index (κ1) is 20.9. The molecule has 0 aliphatic heterocycles. The van der Waals surface area contributed by atoms with E-state index < -0.39 is 0 Å². The van der Waals surface area contributed by atoms with Crippen molar-refractivity contribution in [3.8, 4) is 0 Å². The molecular weight excluding hydrogens is 384 g/mol. The molecule has 3 rings (SSSR count). The molecule has 0 atom stereocenters. The number of hydrogen-bond donors (Lipinski definition) is 1. The molecule has 0 saturated carbocycles. The number of aromatic nitrogens is 4. The van der Waals surface area contributed by atoms with Gasteiger partial charge in [0.1, 0.15) is 5.82 Å². The highest BCUT2D eigenvalue weighted by atomic mass is 32.2. The molecular formula is C21H26N6OS. The number of rotatable bonds is 8. The highest BCUT2D eigenvalue weighted by Crippen LogP contribution is 2.20. The van der Waals surface area contributed by atoms with Crippen LogP contribution in [0.1, 0.15) is 33.1 Å². The molecule has 0 radical (unpaired) electrons. The summed E-state index contributed by atoms with van der Waals surface area (Å²) in [5.74, 6) is 2.26. The third-order valence-electron chi connectivity index (χ3n) is 4.61. The molecule has 1 aromatic carbocycles. The van der Waals surface area contributed by atoms with Crippen LogP contribution in [0.25, 0.3) is 0 Å². The van der Waals surface area contributed by atoms with Gasteiger partial charge in [-0.25, -0.2) is 0 Å². The summed E-state index contributed by atoms with van der Waals surface area (Å²) < 4.78 is 2.18. The molecule has 3 aromatic rings. The van der Waals surface area contributed by atoms with E-state index in [1.807, 2.05) is 52.2 Å². The summed E-state index contributed by atoms with van der Waals surface area (Å²) in [5.41, 5.74) is 9.82. The van der Waals surface area contributed by atoms with Crippen LogP contribution in [-0.2, 0) is 12.3 Å². The van der Waals surface area contributed by atoms with Gasteiger partial charge >= 0.3 is 0 Å². The first-order chi connectivity index (χ1) is 13.8. The normalized spacial score (nSPS) is 10.9. The summed E-state index contributed by atoms with van der Waals surface area (Å²) in [4.78, 5) is 27.2. The molecule has 0 bridgehead atoms. The van der Waals surface area contributed by atoms with E-state index in [4.69, 9.17) is 5.73 Å². The van der Waals surface area contributed by atoms with E-state index in [1.54, 1.807) is 4.90 Å². The van der Waals surface area contributed by atoms with Crippen LogP contribution in [0, 0.1) is 13.8 Å². The topological polar surface area (TPSA) is 89.9 Å². The number of nitrogens with zero attached hydrogens (tertiary/aromatic N) is 5. The highest BCUT2D eigenvalue weighted by Gasteiger charge is 2.16. The minimum atomic E-state index is 0.109. The molecule has 0 unspecified atom stereocenters. The van der Waals surface area contributed by atoms with Gasteiger partial charge in [0.25, 0.3) is 0 Å². The van der Waals surface area contributed by atoms with Crippen molar-refractivity contribution >= 4 is 29.4 Å². The van der Waals surface area contributed by atoms with Crippen molar-refractivity contribution in [3.63, 3.8) is 0 Å². The van der Waals surface area contributed by atoms with Crippen LogP contribution < -0.4 is 10.6 Å². The molecule has 29 heavy (non-hydrogen) atoms. The van der Waals surface area contributed by atoms with Crippen LogP contribution in [0.3, 0.4) is 0 Å². The SMILES string of the molecule is Cc1cc(C(=O)CSCc2nc(N)nc(N(C)C)n2)c(C)n1Cc1ccccc1.